The molecule has 1 aliphatic rings. The summed E-state index contributed by atoms with van der Waals surface area (Å²) in [7, 11) is 0.104. The Balaban J connectivity index is 1.93. The first-order valence-electron chi connectivity index (χ1n) is 9.72. The first kappa shape index (κ1) is 21.5. The van der Waals surface area contributed by atoms with Crippen LogP contribution in [0.1, 0.15) is 30.9 Å². The quantitative estimate of drug-likeness (QED) is 0.690. The van der Waals surface area contributed by atoms with Crippen molar-refractivity contribution in [3.05, 3.63) is 47.4 Å². The first-order chi connectivity index (χ1) is 13.6. The zero-order valence-electron chi connectivity index (χ0n) is 17.7. The largest absolute Gasteiger partial charge is 0.465 e. The van der Waals surface area contributed by atoms with Gasteiger partial charge >= 0.3 is 0 Å². The average Bonchev–Trinajstić information content (AvgIpc) is 3.19. The number of carbonyl (C=O) groups is 1. The second kappa shape index (κ2) is 8.30. The van der Waals surface area contributed by atoms with E-state index in [4.69, 9.17) is 4.42 Å². The van der Waals surface area contributed by atoms with Gasteiger partial charge < -0.3 is 14.2 Å². The molecule has 158 valence electrons. The van der Waals surface area contributed by atoms with E-state index in [-0.39, 0.29) is 23.4 Å². The Hall–Kier alpha value is -2.16. The lowest BCUT2D eigenvalue weighted by molar-refractivity contribution is -0.116. The summed E-state index contributed by atoms with van der Waals surface area (Å²) in [6.45, 7) is 6.46. The summed E-state index contributed by atoms with van der Waals surface area (Å²) >= 11 is 0. The number of hydrogen-bond donors (Lipinski definition) is 0. The summed E-state index contributed by atoms with van der Waals surface area (Å²) in [5, 5.41) is 0. The first-order valence-corrected chi connectivity index (χ1v) is 11.2. The molecule has 0 N–H and O–H groups in total. The number of rotatable bonds is 7. The molecule has 1 unspecified atom stereocenters. The molecular weight excluding hydrogens is 390 g/mol. The van der Waals surface area contributed by atoms with Gasteiger partial charge in [0.2, 0.25) is 15.9 Å². The van der Waals surface area contributed by atoms with Gasteiger partial charge in [-0.05, 0) is 70.3 Å². The Morgan fingerprint density at radius 1 is 1.21 bits per heavy atom. The van der Waals surface area contributed by atoms with Crippen LogP contribution < -0.4 is 4.90 Å². The van der Waals surface area contributed by atoms with E-state index in [1.54, 1.807) is 23.1 Å². The molecule has 1 amide bonds. The summed E-state index contributed by atoms with van der Waals surface area (Å²) in [4.78, 5) is 15.9. The highest BCUT2D eigenvalue weighted by Gasteiger charge is 2.32. The van der Waals surface area contributed by atoms with Crippen LogP contribution >= 0.6 is 0 Å². The molecule has 1 aromatic carbocycles. The number of aryl methyl sites for hydroxylation is 1. The van der Waals surface area contributed by atoms with E-state index >= 15 is 0 Å². The number of nitrogens with zero attached hydrogens (tertiary/aromatic N) is 3. The topological polar surface area (TPSA) is 74.1 Å². The molecule has 0 saturated heterocycles. The number of hydrogen-bond acceptors (Lipinski definition) is 5. The lowest BCUT2D eigenvalue weighted by Crippen LogP contribution is -2.36. The molecular formula is C21H29N3O4S. The summed E-state index contributed by atoms with van der Waals surface area (Å²) in [6.07, 6.45) is 0.646. The number of sulfonamides is 1. The predicted molar refractivity (Wildman–Crippen MR) is 112 cm³/mol. The van der Waals surface area contributed by atoms with Crippen LogP contribution in [0, 0.1) is 6.92 Å². The van der Waals surface area contributed by atoms with Crippen LogP contribution in [0.2, 0.25) is 0 Å². The number of anilines is 1. The van der Waals surface area contributed by atoms with Crippen LogP contribution in [0.4, 0.5) is 5.69 Å². The maximum atomic E-state index is 13.4. The van der Waals surface area contributed by atoms with Gasteiger partial charge in [0.25, 0.3) is 0 Å². The molecule has 0 saturated carbocycles. The van der Waals surface area contributed by atoms with Gasteiger partial charge in [-0.1, -0.05) is 0 Å². The number of amides is 1. The number of fused-ring (bicyclic) bond motifs is 1. The molecule has 1 aromatic heterocycles. The minimum Gasteiger partial charge on any atom is -0.465 e. The van der Waals surface area contributed by atoms with Crippen LogP contribution in [0.5, 0.6) is 0 Å². The van der Waals surface area contributed by atoms with E-state index in [9.17, 15) is 13.2 Å². The van der Waals surface area contributed by atoms with E-state index in [2.05, 4.69) is 0 Å². The van der Waals surface area contributed by atoms with Crippen molar-refractivity contribution < 1.29 is 17.6 Å². The molecule has 0 radical (unpaired) electrons. The molecule has 29 heavy (non-hydrogen) atoms. The van der Waals surface area contributed by atoms with Crippen molar-refractivity contribution >= 4 is 21.6 Å². The van der Waals surface area contributed by atoms with Gasteiger partial charge in [-0.3, -0.25) is 4.79 Å². The van der Waals surface area contributed by atoms with Crippen LogP contribution in [0.15, 0.2) is 39.6 Å². The van der Waals surface area contributed by atoms with Gasteiger partial charge in [-0.2, -0.15) is 4.31 Å². The molecule has 8 heteroatoms. The van der Waals surface area contributed by atoms with Crippen molar-refractivity contribution in [3.8, 4) is 0 Å². The number of carbonyl (C=O) groups excluding carboxylic acids is 1. The predicted octanol–water partition coefficient (Wildman–Crippen LogP) is 2.64. The number of likely N-dealkylation sites (N-methyl/N-ethyl adjacent to an activating group) is 1. The lowest BCUT2D eigenvalue weighted by Gasteiger charge is -2.24. The van der Waals surface area contributed by atoms with E-state index in [1.807, 2.05) is 45.0 Å². The Kier molecular flexibility index (Phi) is 6.16. The fourth-order valence-electron chi connectivity index (χ4n) is 3.74. The maximum absolute atomic E-state index is 13.4. The molecule has 1 aliphatic heterocycles. The second-order valence-electron chi connectivity index (χ2n) is 7.89. The highest BCUT2D eigenvalue weighted by molar-refractivity contribution is 7.89. The van der Waals surface area contributed by atoms with Gasteiger partial charge in [0.1, 0.15) is 11.5 Å². The molecule has 0 aliphatic carbocycles. The Labute approximate surface area is 172 Å². The van der Waals surface area contributed by atoms with Gasteiger partial charge in [0.15, 0.2) is 0 Å². The highest BCUT2D eigenvalue weighted by Crippen LogP contribution is 2.34. The normalized spacial score (nSPS) is 16.7. The number of benzene rings is 1. The molecule has 1 atom stereocenters. The fraction of sp³-hybridized carbons (Fsp3) is 0.476. The third kappa shape index (κ3) is 4.55. The van der Waals surface area contributed by atoms with Crippen molar-refractivity contribution in [2.45, 2.75) is 44.7 Å². The minimum atomic E-state index is -3.72. The van der Waals surface area contributed by atoms with Crippen LogP contribution in [-0.2, 0) is 27.8 Å². The highest BCUT2D eigenvalue weighted by atomic mass is 32.2. The summed E-state index contributed by atoms with van der Waals surface area (Å²) in [5.74, 6) is 1.33. The third-order valence-electron chi connectivity index (χ3n) is 5.17. The summed E-state index contributed by atoms with van der Waals surface area (Å²) in [6, 6.07) is 8.71. The SMILES string of the molecule is CC(=O)N1c2ccc(S(=O)(=O)N(CCN(C)C)Cc3ccc(C)o3)cc2CC1C. The molecule has 0 fully saturated rings. The van der Waals surface area contributed by atoms with E-state index < -0.39 is 10.0 Å². The summed E-state index contributed by atoms with van der Waals surface area (Å²) in [5.41, 5.74) is 1.68. The fourth-order valence-corrected chi connectivity index (χ4v) is 5.19. The van der Waals surface area contributed by atoms with Crippen LogP contribution in [0.3, 0.4) is 0 Å². The van der Waals surface area contributed by atoms with E-state index in [0.717, 1.165) is 17.0 Å². The van der Waals surface area contributed by atoms with E-state index in [1.165, 1.54) is 11.2 Å². The summed E-state index contributed by atoms with van der Waals surface area (Å²) < 4.78 is 33.9. The van der Waals surface area contributed by atoms with E-state index in [0.29, 0.717) is 25.3 Å². The third-order valence-corrected chi connectivity index (χ3v) is 7.01. The van der Waals surface area contributed by atoms with Gasteiger partial charge in [0.05, 0.1) is 11.4 Å². The Morgan fingerprint density at radius 2 is 1.93 bits per heavy atom. The van der Waals surface area contributed by atoms with Gasteiger partial charge in [-0.25, -0.2) is 8.42 Å². The van der Waals surface area contributed by atoms with Crippen molar-refractivity contribution in [1.29, 1.82) is 0 Å². The molecule has 0 spiro atoms. The molecule has 0 bridgehead atoms. The van der Waals surface area contributed by atoms with Crippen molar-refractivity contribution in [3.63, 3.8) is 0 Å². The molecule has 2 heterocycles. The molecule has 3 rings (SSSR count). The van der Waals surface area contributed by atoms with Crippen LogP contribution in [0.25, 0.3) is 0 Å². The smallest absolute Gasteiger partial charge is 0.243 e. The molecule has 2 aromatic rings. The monoisotopic (exact) mass is 419 g/mol. The van der Waals surface area contributed by atoms with Gasteiger partial charge in [-0.15, -0.1) is 0 Å². The average molecular weight is 420 g/mol. The second-order valence-corrected chi connectivity index (χ2v) is 9.82. The standard InChI is InChI=1S/C21H29N3O4S/c1-15-12-18-13-20(8-9-21(18)24(15)17(3)25)29(26,27)23(11-10-22(4)5)14-19-7-6-16(2)28-19/h6-9,13,15H,10-12,14H2,1-5H3. The lowest BCUT2D eigenvalue weighted by atomic mass is 10.1. The zero-order chi connectivity index (χ0) is 21.3. The van der Waals surface area contributed by atoms with Gasteiger partial charge in [0, 0.05) is 31.7 Å². The number of furan rings is 1. The minimum absolute atomic E-state index is 0.0244. The van der Waals surface area contributed by atoms with Crippen molar-refractivity contribution in [2.75, 3.05) is 32.1 Å². The van der Waals surface area contributed by atoms with Crippen LogP contribution in [-0.4, -0.2) is 56.8 Å². The maximum Gasteiger partial charge on any atom is 0.243 e. The van der Waals surface area contributed by atoms with Crippen molar-refractivity contribution in [1.82, 2.24) is 9.21 Å². The Morgan fingerprint density at radius 3 is 2.52 bits per heavy atom. The molecule has 7 nitrogen and oxygen atoms in total. The Bertz CT molecular complexity index is 997. The van der Waals surface area contributed by atoms with Crippen molar-refractivity contribution in [2.24, 2.45) is 0 Å². The zero-order valence-corrected chi connectivity index (χ0v) is 18.5.